The van der Waals surface area contributed by atoms with Crippen LogP contribution in [0.4, 0.5) is 0 Å². The third-order valence-corrected chi connectivity index (χ3v) is 5.13. The molecule has 0 amide bonds. The molecule has 1 N–H and O–H groups in total. The monoisotopic (exact) mass is 283 g/mol. The van der Waals surface area contributed by atoms with Gasteiger partial charge in [0, 0.05) is 6.04 Å². The third kappa shape index (κ3) is 2.79. The number of hydrogen-bond acceptors (Lipinski definition) is 5. The van der Waals surface area contributed by atoms with Gasteiger partial charge in [-0.3, -0.25) is 10.1 Å². The Morgan fingerprint density at radius 3 is 2.79 bits per heavy atom. The summed E-state index contributed by atoms with van der Waals surface area (Å²) in [5.41, 5.74) is 0.726. The second kappa shape index (κ2) is 5.30. The zero-order chi connectivity index (χ0) is 14.0. The molecule has 19 heavy (non-hydrogen) atoms. The smallest absolute Gasteiger partial charge is 0.322 e. The number of esters is 1. The molecule has 0 saturated heterocycles. The van der Waals surface area contributed by atoms with Crippen LogP contribution in [0.1, 0.15) is 24.9 Å². The van der Waals surface area contributed by atoms with Crippen LogP contribution in [0, 0.1) is 0 Å². The number of nitrogens with one attached hydrogen (secondary N) is 1. The Labute approximate surface area is 112 Å². The highest BCUT2D eigenvalue weighted by Crippen LogP contribution is 2.32. The minimum Gasteiger partial charge on any atom is -0.468 e. The first-order chi connectivity index (χ1) is 8.95. The first-order valence-corrected chi connectivity index (χ1v) is 7.76. The fraction of sp³-hybridized carbons (Fsp3) is 0.462. The number of fused-ring (bicyclic) bond motifs is 1. The summed E-state index contributed by atoms with van der Waals surface area (Å²) in [7, 11) is -1.86. The van der Waals surface area contributed by atoms with Crippen LogP contribution in [0.2, 0.25) is 0 Å². The summed E-state index contributed by atoms with van der Waals surface area (Å²) in [6, 6.07) is 6.30. The van der Waals surface area contributed by atoms with Crippen molar-refractivity contribution in [3.8, 4) is 0 Å². The third-order valence-electron chi connectivity index (χ3n) is 3.31. The lowest BCUT2D eigenvalue weighted by molar-refractivity contribution is -0.142. The van der Waals surface area contributed by atoms with E-state index >= 15 is 0 Å². The van der Waals surface area contributed by atoms with Crippen molar-refractivity contribution in [1.82, 2.24) is 5.32 Å². The van der Waals surface area contributed by atoms with Crippen molar-refractivity contribution in [3.05, 3.63) is 29.8 Å². The van der Waals surface area contributed by atoms with Crippen molar-refractivity contribution < 1.29 is 17.9 Å². The maximum atomic E-state index is 12.0. The number of rotatable bonds is 3. The second-order valence-electron chi connectivity index (χ2n) is 4.61. The Balaban J connectivity index is 2.28. The molecule has 2 unspecified atom stereocenters. The number of hydrogen-bond donors (Lipinski definition) is 1. The van der Waals surface area contributed by atoms with Crippen LogP contribution in [0.15, 0.2) is 29.2 Å². The highest BCUT2D eigenvalue weighted by Gasteiger charge is 2.31. The zero-order valence-electron chi connectivity index (χ0n) is 10.9. The van der Waals surface area contributed by atoms with Crippen molar-refractivity contribution >= 4 is 15.8 Å². The molecule has 0 fully saturated rings. The van der Waals surface area contributed by atoms with Crippen LogP contribution >= 0.6 is 0 Å². The van der Waals surface area contributed by atoms with E-state index in [1.54, 1.807) is 31.2 Å². The molecular formula is C13H17NO4S. The molecule has 1 aliphatic heterocycles. The van der Waals surface area contributed by atoms with Gasteiger partial charge in [-0.2, -0.15) is 0 Å². The minimum absolute atomic E-state index is 0.0928. The zero-order valence-corrected chi connectivity index (χ0v) is 11.7. The number of methoxy groups -OCH3 is 1. The van der Waals surface area contributed by atoms with Gasteiger partial charge in [-0.1, -0.05) is 18.2 Å². The molecule has 1 heterocycles. The molecule has 2 atom stereocenters. The van der Waals surface area contributed by atoms with Gasteiger partial charge in [0.25, 0.3) is 0 Å². The molecule has 2 rings (SSSR count). The molecule has 1 aliphatic rings. The largest absolute Gasteiger partial charge is 0.468 e. The summed E-state index contributed by atoms with van der Waals surface area (Å²) < 4.78 is 28.6. The van der Waals surface area contributed by atoms with E-state index in [1.165, 1.54) is 7.11 Å². The average molecular weight is 283 g/mol. The second-order valence-corrected chi connectivity index (χ2v) is 6.69. The van der Waals surface area contributed by atoms with E-state index in [2.05, 4.69) is 10.1 Å². The summed E-state index contributed by atoms with van der Waals surface area (Å²) in [6.07, 6.45) is 0.459. The van der Waals surface area contributed by atoms with Gasteiger partial charge in [-0.25, -0.2) is 8.42 Å². The van der Waals surface area contributed by atoms with Gasteiger partial charge < -0.3 is 4.74 Å². The maximum Gasteiger partial charge on any atom is 0.322 e. The molecule has 0 bridgehead atoms. The van der Waals surface area contributed by atoms with Crippen molar-refractivity contribution in [2.75, 3.05) is 12.9 Å². The van der Waals surface area contributed by atoms with E-state index in [1.807, 2.05) is 0 Å². The highest BCUT2D eigenvalue weighted by molar-refractivity contribution is 7.91. The topological polar surface area (TPSA) is 72.5 Å². The van der Waals surface area contributed by atoms with E-state index in [4.69, 9.17) is 0 Å². The Kier molecular flexibility index (Phi) is 3.91. The molecule has 0 radical (unpaired) electrons. The maximum absolute atomic E-state index is 12.0. The van der Waals surface area contributed by atoms with Gasteiger partial charge in [0.15, 0.2) is 9.84 Å². The van der Waals surface area contributed by atoms with E-state index in [0.29, 0.717) is 11.3 Å². The summed E-state index contributed by atoms with van der Waals surface area (Å²) >= 11 is 0. The number of carbonyl (C=O) groups is 1. The molecule has 5 nitrogen and oxygen atoms in total. The number of sulfone groups is 1. The van der Waals surface area contributed by atoms with E-state index in [-0.39, 0.29) is 17.8 Å². The number of carbonyl (C=O) groups excluding carboxylic acids is 1. The summed E-state index contributed by atoms with van der Waals surface area (Å²) in [4.78, 5) is 11.8. The van der Waals surface area contributed by atoms with Gasteiger partial charge in [-0.05, 0) is 25.0 Å². The van der Waals surface area contributed by atoms with E-state index < -0.39 is 15.9 Å². The van der Waals surface area contributed by atoms with Crippen LogP contribution in [0.25, 0.3) is 0 Å². The fourth-order valence-electron chi connectivity index (χ4n) is 2.31. The molecule has 0 spiro atoms. The van der Waals surface area contributed by atoms with Gasteiger partial charge in [0.1, 0.15) is 6.04 Å². The number of benzene rings is 1. The van der Waals surface area contributed by atoms with Crippen molar-refractivity contribution in [2.24, 2.45) is 0 Å². The van der Waals surface area contributed by atoms with Crippen molar-refractivity contribution in [3.63, 3.8) is 0 Å². The summed E-state index contributed by atoms with van der Waals surface area (Å²) in [5.74, 6) is -0.263. The van der Waals surface area contributed by atoms with E-state index in [0.717, 1.165) is 5.56 Å². The quantitative estimate of drug-likeness (QED) is 0.840. The normalized spacial score (nSPS) is 22.3. The standard InChI is InChI=1S/C13H17NO4S/c1-9(13(15)18-2)14-11-7-8-19(16,17)12-6-4-3-5-10(11)12/h3-6,9,11,14H,7-8H2,1-2H3. The Morgan fingerprint density at radius 1 is 1.42 bits per heavy atom. The van der Waals surface area contributed by atoms with Crippen molar-refractivity contribution in [1.29, 1.82) is 0 Å². The molecule has 6 heteroatoms. The Bertz CT molecular complexity index is 582. The fourth-order valence-corrected chi connectivity index (χ4v) is 3.93. The first kappa shape index (κ1) is 14.0. The van der Waals surface area contributed by atoms with Crippen molar-refractivity contribution in [2.45, 2.75) is 30.3 Å². The van der Waals surface area contributed by atoms with Crippen LogP contribution < -0.4 is 5.32 Å². The predicted molar refractivity (Wildman–Crippen MR) is 70.5 cm³/mol. The average Bonchev–Trinajstić information content (AvgIpc) is 2.41. The molecule has 1 aromatic rings. The lowest BCUT2D eigenvalue weighted by atomic mass is 10.0. The molecule has 0 aromatic heterocycles. The summed E-state index contributed by atoms with van der Waals surface area (Å²) in [5, 5.41) is 3.12. The first-order valence-electron chi connectivity index (χ1n) is 6.11. The van der Waals surface area contributed by atoms with E-state index in [9.17, 15) is 13.2 Å². The summed E-state index contributed by atoms with van der Waals surface area (Å²) in [6.45, 7) is 1.71. The van der Waals surface area contributed by atoms with Gasteiger partial charge in [0.05, 0.1) is 17.8 Å². The van der Waals surface area contributed by atoms with Crippen LogP contribution in [-0.2, 0) is 19.4 Å². The van der Waals surface area contributed by atoms with Gasteiger partial charge in [-0.15, -0.1) is 0 Å². The lowest BCUT2D eigenvalue weighted by Gasteiger charge is -2.28. The minimum atomic E-state index is -3.19. The highest BCUT2D eigenvalue weighted by atomic mass is 32.2. The van der Waals surface area contributed by atoms with Gasteiger partial charge in [0.2, 0.25) is 0 Å². The predicted octanol–water partition coefficient (Wildman–Crippen LogP) is 1.06. The molecule has 1 aromatic carbocycles. The molecule has 104 valence electrons. The lowest BCUT2D eigenvalue weighted by Crippen LogP contribution is -2.40. The van der Waals surface area contributed by atoms with Crippen LogP contribution in [0.5, 0.6) is 0 Å². The van der Waals surface area contributed by atoms with Crippen LogP contribution in [0.3, 0.4) is 0 Å². The van der Waals surface area contributed by atoms with Crippen LogP contribution in [-0.4, -0.2) is 33.3 Å². The Morgan fingerprint density at radius 2 is 2.11 bits per heavy atom. The SMILES string of the molecule is COC(=O)C(C)NC1CCS(=O)(=O)c2ccccc21. The Hall–Kier alpha value is -1.40. The molecule has 0 aliphatic carbocycles. The van der Waals surface area contributed by atoms with Gasteiger partial charge >= 0.3 is 5.97 Å². The molecular weight excluding hydrogens is 266 g/mol. The number of ether oxygens (including phenoxy) is 1. The molecule has 0 saturated carbocycles.